The number of carbonyl (C=O) groups excluding carboxylic acids is 2. The van der Waals surface area contributed by atoms with Crippen LogP contribution < -0.4 is 0 Å². The molecule has 0 spiro atoms. The van der Waals surface area contributed by atoms with E-state index in [1.54, 1.807) is 7.05 Å². The minimum absolute atomic E-state index is 0.0732. The largest absolute Gasteiger partial charge is 0.338 e. The molecule has 0 unspecified atom stereocenters. The van der Waals surface area contributed by atoms with Gasteiger partial charge in [-0.05, 0) is 0 Å². The molecule has 3 heterocycles. The molecule has 3 rings (SSSR count). The molecule has 0 radical (unpaired) electrons. The van der Waals surface area contributed by atoms with Crippen molar-refractivity contribution in [1.82, 2.24) is 19.9 Å². The van der Waals surface area contributed by atoms with E-state index in [0.717, 1.165) is 0 Å². The third-order valence-corrected chi connectivity index (χ3v) is 4.05. The van der Waals surface area contributed by atoms with Gasteiger partial charge in [0.15, 0.2) is 5.82 Å². The van der Waals surface area contributed by atoms with E-state index in [9.17, 15) is 9.59 Å². The molecular weight excluding hydrogens is 260 g/mol. The number of nitrogens with zero attached hydrogens (tertiary/aromatic N) is 4. The minimum Gasteiger partial charge on any atom is -0.338 e. The smallest absolute Gasteiger partial charge is 0.240 e. The lowest BCUT2D eigenvalue weighted by molar-refractivity contribution is -0.139. The van der Waals surface area contributed by atoms with E-state index >= 15 is 0 Å². The maximum Gasteiger partial charge on any atom is 0.240 e. The molecule has 1 aromatic heterocycles. The molecule has 1 aromatic rings. The topological polar surface area (TPSA) is 79.5 Å². The molecule has 0 N–H and O–H groups in total. The van der Waals surface area contributed by atoms with Gasteiger partial charge in [0.1, 0.15) is 0 Å². The fraction of sp³-hybridized carbons (Fsp3) is 0.692. The third kappa shape index (κ3) is 2.02. The lowest BCUT2D eigenvalue weighted by atomic mass is 10.00. The molecule has 20 heavy (non-hydrogen) atoms. The van der Waals surface area contributed by atoms with E-state index in [1.807, 2.05) is 18.7 Å². The number of amides is 2. The second-order valence-electron chi connectivity index (χ2n) is 5.84. The molecule has 7 heteroatoms. The summed E-state index contributed by atoms with van der Waals surface area (Å²) in [7, 11) is 1.56. The van der Waals surface area contributed by atoms with Gasteiger partial charge in [0.2, 0.25) is 17.7 Å². The van der Waals surface area contributed by atoms with Gasteiger partial charge < -0.3 is 4.52 Å². The molecule has 0 aromatic carbocycles. The van der Waals surface area contributed by atoms with Crippen LogP contribution >= 0.6 is 0 Å². The van der Waals surface area contributed by atoms with Crippen molar-refractivity contribution < 1.29 is 14.1 Å². The number of imide groups is 1. The number of aromatic nitrogens is 2. The molecule has 2 amide bonds. The lowest BCUT2D eigenvalue weighted by Gasteiger charge is -2.16. The summed E-state index contributed by atoms with van der Waals surface area (Å²) in [6, 6.07) is 0. The monoisotopic (exact) mass is 278 g/mol. The van der Waals surface area contributed by atoms with Gasteiger partial charge in [-0.25, -0.2) is 0 Å². The van der Waals surface area contributed by atoms with Gasteiger partial charge in [-0.1, -0.05) is 19.0 Å². The zero-order chi connectivity index (χ0) is 14.4. The zero-order valence-electron chi connectivity index (χ0n) is 11.9. The molecule has 0 saturated carbocycles. The Labute approximate surface area is 116 Å². The molecule has 7 nitrogen and oxygen atoms in total. The average Bonchev–Trinajstić information content (AvgIpc) is 3.07. The van der Waals surface area contributed by atoms with E-state index in [1.165, 1.54) is 4.90 Å². The van der Waals surface area contributed by atoms with Gasteiger partial charge >= 0.3 is 0 Å². The Kier molecular flexibility index (Phi) is 3.08. The number of hydrogen-bond acceptors (Lipinski definition) is 6. The van der Waals surface area contributed by atoms with Crippen LogP contribution in [0, 0.1) is 11.8 Å². The number of fused-ring (bicyclic) bond motifs is 1. The van der Waals surface area contributed by atoms with E-state index < -0.39 is 0 Å². The highest BCUT2D eigenvalue weighted by Crippen LogP contribution is 2.33. The molecule has 2 aliphatic rings. The van der Waals surface area contributed by atoms with Crippen molar-refractivity contribution in [1.29, 1.82) is 0 Å². The van der Waals surface area contributed by atoms with Crippen molar-refractivity contribution in [3.05, 3.63) is 11.7 Å². The SMILES string of the molecule is CC(C)c1noc(CN2C[C@@H]3C(=O)N(C)C(=O)[C@@H]3C2)n1. The van der Waals surface area contributed by atoms with Crippen LogP contribution in [0.4, 0.5) is 0 Å². The molecule has 2 atom stereocenters. The minimum atomic E-state index is -0.208. The molecule has 2 saturated heterocycles. The lowest BCUT2D eigenvalue weighted by Crippen LogP contribution is -2.33. The van der Waals surface area contributed by atoms with Gasteiger partial charge in [0, 0.05) is 26.1 Å². The van der Waals surface area contributed by atoms with Crippen LogP contribution in [0.25, 0.3) is 0 Å². The fourth-order valence-corrected chi connectivity index (χ4v) is 2.88. The summed E-state index contributed by atoms with van der Waals surface area (Å²) in [5.74, 6) is 0.891. The van der Waals surface area contributed by atoms with Gasteiger partial charge in [0.05, 0.1) is 18.4 Å². The molecule has 108 valence electrons. The predicted molar refractivity (Wildman–Crippen MR) is 68.4 cm³/mol. The van der Waals surface area contributed by atoms with Crippen LogP contribution in [0.3, 0.4) is 0 Å². The Morgan fingerprint density at radius 3 is 2.35 bits per heavy atom. The molecular formula is C13H18N4O3. The maximum absolute atomic E-state index is 11.9. The average molecular weight is 278 g/mol. The number of hydrogen-bond donors (Lipinski definition) is 0. The zero-order valence-corrected chi connectivity index (χ0v) is 11.9. The first-order valence-electron chi connectivity index (χ1n) is 6.83. The second kappa shape index (κ2) is 4.66. The van der Waals surface area contributed by atoms with Gasteiger partial charge in [0.25, 0.3) is 0 Å². The van der Waals surface area contributed by atoms with Gasteiger partial charge in [-0.2, -0.15) is 4.98 Å². The second-order valence-corrected chi connectivity index (χ2v) is 5.84. The highest BCUT2D eigenvalue weighted by Gasteiger charge is 2.50. The van der Waals surface area contributed by atoms with Crippen LogP contribution in [-0.2, 0) is 16.1 Å². The molecule has 0 bridgehead atoms. The van der Waals surface area contributed by atoms with Crippen LogP contribution in [-0.4, -0.2) is 51.9 Å². The maximum atomic E-state index is 11.9. The number of likely N-dealkylation sites (tertiary alicyclic amines) is 2. The van der Waals surface area contributed by atoms with E-state index in [2.05, 4.69) is 10.1 Å². The summed E-state index contributed by atoms with van der Waals surface area (Å²) >= 11 is 0. The van der Waals surface area contributed by atoms with E-state index in [4.69, 9.17) is 4.52 Å². The highest BCUT2D eigenvalue weighted by atomic mass is 16.5. The van der Waals surface area contributed by atoms with Crippen molar-refractivity contribution in [3.8, 4) is 0 Å². The summed E-state index contributed by atoms with van der Waals surface area (Å²) in [6.45, 7) is 5.67. The first kappa shape index (κ1) is 13.2. The molecule has 0 aliphatic carbocycles. The van der Waals surface area contributed by atoms with E-state index in [-0.39, 0.29) is 29.6 Å². The summed E-state index contributed by atoms with van der Waals surface area (Å²) in [6.07, 6.45) is 0. The molecule has 2 aliphatic heterocycles. The van der Waals surface area contributed by atoms with E-state index in [0.29, 0.717) is 31.3 Å². The Balaban J connectivity index is 1.67. The van der Waals surface area contributed by atoms with Crippen LogP contribution in [0.15, 0.2) is 4.52 Å². The van der Waals surface area contributed by atoms with Crippen LogP contribution in [0.1, 0.15) is 31.5 Å². The van der Waals surface area contributed by atoms with Crippen molar-refractivity contribution in [2.24, 2.45) is 11.8 Å². The van der Waals surface area contributed by atoms with Crippen molar-refractivity contribution in [3.63, 3.8) is 0 Å². The van der Waals surface area contributed by atoms with Crippen LogP contribution in [0.5, 0.6) is 0 Å². The number of rotatable bonds is 3. The summed E-state index contributed by atoms with van der Waals surface area (Å²) in [5.41, 5.74) is 0. The Hall–Kier alpha value is -1.76. The summed E-state index contributed by atoms with van der Waals surface area (Å²) in [4.78, 5) is 31.4. The number of carbonyl (C=O) groups is 2. The predicted octanol–water partition coefficient (Wildman–Crippen LogP) is 0.240. The Morgan fingerprint density at radius 1 is 1.25 bits per heavy atom. The van der Waals surface area contributed by atoms with Gasteiger partial charge in [-0.15, -0.1) is 0 Å². The normalized spacial score (nSPS) is 26.9. The van der Waals surface area contributed by atoms with Crippen LogP contribution in [0.2, 0.25) is 0 Å². The first-order valence-corrected chi connectivity index (χ1v) is 6.83. The van der Waals surface area contributed by atoms with Crippen molar-refractivity contribution in [2.75, 3.05) is 20.1 Å². The standard InChI is InChI=1S/C13H18N4O3/c1-7(2)11-14-10(20-15-11)6-17-4-8-9(5-17)13(19)16(3)12(8)18/h7-9H,4-6H2,1-3H3/t8-,9+. The summed E-state index contributed by atoms with van der Waals surface area (Å²) in [5, 5.41) is 3.92. The van der Waals surface area contributed by atoms with Gasteiger partial charge in [-0.3, -0.25) is 19.4 Å². The van der Waals surface area contributed by atoms with Crippen molar-refractivity contribution in [2.45, 2.75) is 26.3 Å². The highest BCUT2D eigenvalue weighted by molar-refractivity contribution is 6.05. The summed E-state index contributed by atoms with van der Waals surface area (Å²) < 4.78 is 5.20. The molecule has 2 fully saturated rings. The third-order valence-electron chi connectivity index (χ3n) is 4.05. The fourth-order valence-electron chi connectivity index (χ4n) is 2.88. The van der Waals surface area contributed by atoms with Crippen molar-refractivity contribution >= 4 is 11.8 Å². The Morgan fingerprint density at radius 2 is 1.85 bits per heavy atom. The first-order chi connectivity index (χ1) is 9.47. The quantitative estimate of drug-likeness (QED) is 0.737. The Bertz CT molecular complexity index is 530.